The molecule has 1 aromatic carbocycles. The molecule has 0 spiro atoms. The zero-order valence-corrected chi connectivity index (χ0v) is 11.9. The molecule has 0 amide bonds. The molecule has 1 rings (SSSR count). The summed E-state index contributed by atoms with van der Waals surface area (Å²) in [4.78, 5) is 11.4. The highest BCUT2D eigenvalue weighted by Gasteiger charge is 2.13. The third-order valence-corrected chi connectivity index (χ3v) is 2.83. The van der Waals surface area contributed by atoms with E-state index in [0.717, 1.165) is 11.1 Å². The van der Waals surface area contributed by atoms with Crippen LogP contribution in [0, 0.1) is 0 Å². The van der Waals surface area contributed by atoms with Crippen molar-refractivity contribution < 1.29 is 9.53 Å². The Kier molecular flexibility index (Phi) is 4.71. The molecule has 1 aromatic rings. The maximum Gasteiger partial charge on any atom is 0.331 e. The van der Waals surface area contributed by atoms with Gasteiger partial charge in [0.25, 0.3) is 0 Å². The Balaban J connectivity index is 2.89. The van der Waals surface area contributed by atoms with Crippen LogP contribution in [0.1, 0.15) is 45.7 Å². The average molecular weight is 246 g/mol. The van der Waals surface area contributed by atoms with Crippen LogP contribution in [0.2, 0.25) is 0 Å². The number of allylic oxidation sites excluding steroid dienone is 1. The van der Waals surface area contributed by atoms with E-state index in [1.165, 1.54) is 11.6 Å². The number of ether oxygens (including phenoxy) is 1. The Morgan fingerprint density at radius 3 is 2.22 bits per heavy atom. The monoisotopic (exact) mass is 246 g/mol. The topological polar surface area (TPSA) is 26.3 Å². The summed E-state index contributed by atoms with van der Waals surface area (Å²) in [5, 5.41) is 0. The van der Waals surface area contributed by atoms with Crippen LogP contribution in [0.25, 0.3) is 5.57 Å². The first-order valence-corrected chi connectivity index (χ1v) is 6.30. The maximum absolute atomic E-state index is 11.4. The zero-order chi connectivity index (χ0) is 13.8. The van der Waals surface area contributed by atoms with Gasteiger partial charge in [0.05, 0.1) is 6.61 Å². The SMILES string of the molecule is CCOC(=O)/C=C(\C)c1ccc(C(C)(C)C)cc1. The molecule has 0 heterocycles. The van der Waals surface area contributed by atoms with Gasteiger partial charge in [-0.25, -0.2) is 4.79 Å². The summed E-state index contributed by atoms with van der Waals surface area (Å²) in [6, 6.07) is 8.31. The van der Waals surface area contributed by atoms with E-state index in [4.69, 9.17) is 4.74 Å². The fraction of sp³-hybridized carbons (Fsp3) is 0.438. The number of esters is 1. The van der Waals surface area contributed by atoms with Gasteiger partial charge in [0.2, 0.25) is 0 Å². The second-order valence-corrected chi connectivity index (χ2v) is 5.41. The molecule has 0 aromatic heterocycles. The minimum atomic E-state index is -0.283. The lowest BCUT2D eigenvalue weighted by Gasteiger charge is -2.19. The van der Waals surface area contributed by atoms with E-state index in [9.17, 15) is 4.79 Å². The Bertz CT molecular complexity index is 433. The molecule has 0 atom stereocenters. The summed E-state index contributed by atoms with van der Waals surface area (Å²) in [7, 11) is 0. The van der Waals surface area contributed by atoms with Crippen molar-refractivity contribution >= 4 is 11.5 Å². The van der Waals surface area contributed by atoms with Crippen molar-refractivity contribution in [3.63, 3.8) is 0 Å². The fourth-order valence-corrected chi connectivity index (χ4v) is 1.68. The van der Waals surface area contributed by atoms with E-state index in [-0.39, 0.29) is 11.4 Å². The lowest BCUT2D eigenvalue weighted by Crippen LogP contribution is -2.10. The molecule has 2 nitrogen and oxygen atoms in total. The van der Waals surface area contributed by atoms with Crippen molar-refractivity contribution in [2.24, 2.45) is 0 Å². The van der Waals surface area contributed by atoms with E-state index in [1.807, 2.05) is 19.1 Å². The molecule has 0 fully saturated rings. The Morgan fingerprint density at radius 1 is 1.22 bits per heavy atom. The van der Waals surface area contributed by atoms with Crippen LogP contribution in [-0.4, -0.2) is 12.6 Å². The molecule has 0 unspecified atom stereocenters. The molecule has 98 valence electrons. The number of rotatable bonds is 3. The fourth-order valence-electron chi connectivity index (χ4n) is 1.68. The van der Waals surface area contributed by atoms with Gasteiger partial charge >= 0.3 is 5.97 Å². The summed E-state index contributed by atoms with van der Waals surface area (Å²) in [6.45, 7) is 10.7. The summed E-state index contributed by atoms with van der Waals surface area (Å²) in [6.07, 6.45) is 1.54. The molecule has 0 N–H and O–H groups in total. The number of benzene rings is 1. The van der Waals surface area contributed by atoms with Crippen LogP contribution in [0.5, 0.6) is 0 Å². The van der Waals surface area contributed by atoms with Gasteiger partial charge < -0.3 is 4.74 Å². The molecule has 0 saturated carbocycles. The molecular formula is C16H22O2. The first kappa shape index (κ1) is 14.5. The van der Waals surface area contributed by atoms with E-state index in [0.29, 0.717) is 6.61 Å². The third-order valence-electron chi connectivity index (χ3n) is 2.83. The van der Waals surface area contributed by atoms with Crippen molar-refractivity contribution in [1.29, 1.82) is 0 Å². The number of hydrogen-bond donors (Lipinski definition) is 0. The molecule has 0 bridgehead atoms. The van der Waals surface area contributed by atoms with Gasteiger partial charge in [0.15, 0.2) is 0 Å². The van der Waals surface area contributed by atoms with Crippen LogP contribution in [0.3, 0.4) is 0 Å². The highest BCUT2D eigenvalue weighted by Crippen LogP contribution is 2.24. The van der Waals surface area contributed by atoms with Crippen LogP contribution < -0.4 is 0 Å². The van der Waals surface area contributed by atoms with Gasteiger partial charge in [0, 0.05) is 6.08 Å². The molecule has 0 aliphatic heterocycles. The number of carbonyl (C=O) groups excluding carboxylic acids is 1. The smallest absolute Gasteiger partial charge is 0.331 e. The average Bonchev–Trinajstić information content (AvgIpc) is 2.28. The van der Waals surface area contributed by atoms with Crippen LogP contribution in [0.4, 0.5) is 0 Å². The molecule has 0 radical (unpaired) electrons. The Morgan fingerprint density at radius 2 is 1.78 bits per heavy atom. The second kappa shape index (κ2) is 5.85. The highest BCUT2D eigenvalue weighted by molar-refractivity contribution is 5.90. The molecular weight excluding hydrogens is 224 g/mol. The number of carbonyl (C=O) groups is 1. The third kappa shape index (κ3) is 4.02. The molecule has 2 heteroatoms. The minimum Gasteiger partial charge on any atom is -0.463 e. The van der Waals surface area contributed by atoms with E-state index < -0.39 is 0 Å². The maximum atomic E-state index is 11.4. The van der Waals surface area contributed by atoms with E-state index in [2.05, 4.69) is 32.9 Å². The molecule has 0 aliphatic carbocycles. The molecule has 0 saturated heterocycles. The quantitative estimate of drug-likeness (QED) is 0.596. The van der Waals surface area contributed by atoms with Gasteiger partial charge in [-0.2, -0.15) is 0 Å². The van der Waals surface area contributed by atoms with E-state index >= 15 is 0 Å². The standard InChI is InChI=1S/C16H22O2/c1-6-18-15(17)11-12(2)13-7-9-14(10-8-13)16(3,4)5/h7-11H,6H2,1-5H3/b12-11+. The normalized spacial score (nSPS) is 12.4. The Hall–Kier alpha value is -1.57. The lowest BCUT2D eigenvalue weighted by molar-refractivity contribution is -0.137. The first-order chi connectivity index (χ1) is 8.34. The highest BCUT2D eigenvalue weighted by atomic mass is 16.5. The summed E-state index contributed by atoms with van der Waals surface area (Å²) >= 11 is 0. The first-order valence-electron chi connectivity index (χ1n) is 6.30. The van der Waals surface area contributed by atoms with Gasteiger partial charge in [-0.05, 0) is 36.0 Å². The van der Waals surface area contributed by atoms with Crippen molar-refractivity contribution in [2.75, 3.05) is 6.61 Å². The van der Waals surface area contributed by atoms with Gasteiger partial charge in [-0.1, -0.05) is 45.0 Å². The van der Waals surface area contributed by atoms with Crippen LogP contribution in [-0.2, 0) is 14.9 Å². The zero-order valence-electron chi connectivity index (χ0n) is 11.9. The van der Waals surface area contributed by atoms with Crippen LogP contribution in [0.15, 0.2) is 30.3 Å². The van der Waals surface area contributed by atoms with Crippen molar-refractivity contribution in [3.05, 3.63) is 41.5 Å². The van der Waals surface area contributed by atoms with Crippen molar-refractivity contribution in [1.82, 2.24) is 0 Å². The Labute approximate surface area is 110 Å². The summed E-state index contributed by atoms with van der Waals surface area (Å²) in [5.74, 6) is -0.283. The van der Waals surface area contributed by atoms with E-state index in [1.54, 1.807) is 6.92 Å². The van der Waals surface area contributed by atoms with Gasteiger partial charge in [-0.3, -0.25) is 0 Å². The molecule has 18 heavy (non-hydrogen) atoms. The van der Waals surface area contributed by atoms with Crippen molar-refractivity contribution in [2.45, 2.75) is 40.0 Å². The minimum absolute atomic E-state index is 0.150. The van der Waals surface area contributed by atoms with Gasteiger partial charge in [-0.15, -0.1) is 0 Å². The largest absolute Gasteiger partial charge is 0.463 e. The van der Waals surface area contributed by atoms with Crippen molar-refractivity contribution in [3.8, 4) is 0 Å². The number of hydrogen-bond acceptors (Lipinski definition) is 2. The molecule has 0 aliphatic rings. The van der Waals surface area contributed by atoms with Crippen LogP contribution >= 0.6 is 0 Å². The van der Waals surface area contributed by atoms with Gasteiger partial charge in [0.1, 0.15) is 0 Å². The predicted molar refractivity (Wildman–Crippen MR) is 75.4 cm³/mol. The lowest BCUT2D eigenvalue weighted by atomic mass is 9.86. The second-order valence-electron chi connectivity index (χ2n) is 5.41. The summed E-state index contributed by atoms with van der Waals surface area (Å²) in [5.41, 5.74) is 3.41. The predicted octanol–water partition coefficient (Wildman–Crippen LogP) is 3.95. The summed E-state index contributed by atoms with van der Waals surface area (Å²) < 4.78 is 4.90.